The highest BCUT2D eigenvalue weighted by molar-refractivity contribution is 7.91. The van der Waals surface area contributed by atoms with Gasteiger partial charge in [0.1, 0.15) is 23.9 Å². The Morgan fingerprint density at radius 1 is 1.25 bits per heavy atom. The molecule has 0 aliphatic heterocycles. The Hall–Kier alpha value is -3.42. The molecule has 0 aliphatic carbocycles. The standard InChI is InChI=1S/C19H16FN5O5S2/c20-12-3-1-11(2-4-12)7-16(18(26)27)25-9-13(23-24-25)10-30-14-5-6-15-17(8-14)31-19(22-15)32(21,28)29/h1-6,8-9,16H,7,10H2,(H,26,27)(H2,21,28,29). The second-order valence-electron chi connectivity index (χ2n) is 6.82. The molecule has 10 nitrogen and oxygen atoms in total. The van der Waals surface area contributed by atoms with Crippen molar-refractivity contribution in [1.82, 2.24) is 20.0 Å². The van der Waals surface area contributed by atoms with Crippen molar-refractivity contribution in [2.24, 2.45) is 5.14 Å². The van der Waals surface area contributed by atoms with Crippen LogP contribution in [-0.4, -0.2) is 39.5 Å². The third-order valence-electron chi connectivity index (χ3n) is 4.47. The number of carboxylic acids is 1. The van der Waals surface area contributed by atoms with E-state index < -0.39 is 27.9 Å². The van der Waals surface area contributed by atoms with Gasteiger partial charge in [-0.3, -0.25) is 0 Å². The zero-order valence-electron chi connectivity index (χ0n) is 16.3. The number of carbonyl (C=O) groups is 1. The van der Waals surface area contributed by atoms with Crippen molar-refractivity contribution in [2.45, 2.75) is 23.4 Å². The average Bonchev–Trinajstić information content (AvgIpc) is 3.38. The molecule has 2 aromatic carbocycles. The van der Waals surface area contributed by atoms with Crippen LogP contribution in [0.5, 0.6) is 5.75 Å². The van der Waals surface area contributed by atoms with Crippen LogP contribution in [0.25, 0.3) is 10.2 Å². The highest BCUT2D eigenvalue weighted by atomic mass is 32.2. The summed E-state index contributed by atoms with van der Waals surface area (Å²) in [5, 5.41) is 22.5. The molecule has 0 bridgehead atoms. The van der Waals surface area contributed by atoms with Crippen molar-refractivity contribution in [3.8, 4) is 5.75 Å². The Balaban J connectivity index is 1.46. The van der Waals surface area contributed by atoms with Crippen LogP contribution in [0.4, 0.5) is 4.39 Å². The number of sulfonamides is 1. The van der Waals surface area contributed by atoms with E-state index in [9.17, 15) is 22.7 Å². The number of fused-ring (bicyclic) bond motifs is 1. The lowest BCUT2D eigenvalue weighted by atomic mass is 10.1. The van der Waals surface area contributed by atoms with Crippen LogP contribution in [0.15, 0.2) is 53.0 Å². The fourth-order valence-electron chi connectivity index (χ4n) is 2.92. The zero-order valence-corrected chi connectivity index (χ0v) is 17.9. The number of rotatable bonds is 8. The largest absolute Gasteiger partial charge is 0.487 e. The summed E-state index contributed by atoms with van der Waals surface area (Å²) in [6, 6.07) is 9.39. The molecular formula is C19H16FN5O5S2. The Labute approximate surface area is 185 Å². The number of aliphatic carboxylic acids is 1. The van der Waals surface area contributed by atoms with Crippen LogP contribution >= 0.6 is 11.3 Å². The molecule has 1 atom stereocenters. The first-order valence-electron chi connectivity index (χ1n) is 9.13. The smallest absolute Gasteiger partial charge is 0.328 e. The third kappa shape index (κ3) is 4.90. The molecule has 3 N–H and O–H groups in total. The molecule has 0 saturated carbocycles. The van der Waals surface area contributed by atoms with Crippen molar-refractivity contribution in [3.05, 3.63) is 65.7 Å². The van der Waals surface area contributed by atoms with Crippen LogP contribution in [-0.2, 0) is 27.8 Å². The number of halogens is 1. The van der Waals surface area contributed by atoms with E-state index in [2.05, 4.69) is 15.3 Å². The Morgan fingerprint density at radius 3 is 2.69 bits per heavy atom. The summed E-state index contributed by atoms with van der Waals surface area (Å²) in [7, 11) is -3.89. The summed E-state index contributed by atoms with van der Waals surface area (Å²) in [5.74, 6) is -1.07. The van der Waals surface area contributed by atoms with Crippen molar-refractivity contribution in [2.75, 3.05) is 0 Å². The fraction of sp³-hybridized carbons (Fsp3) is 0.158. The van der Waals surface area contributed by atoms with Crippen LogP contribution in [0.3, 0.4) is 0 Å². The van der Waals surface area contributed by atoms with Gasteiger partial charge in [0.15, 0.2) is 6.04 Å². The summed E-state index contributed by atoms with van der Waals surface area (Å²) in [6.45, 7) is 0.00917. The molecule has 1 unspecified atom stereocenters. The number of primary sulfonamides is 1. The molecule has 2 aromatic heterocycles. The van der Waals surface area contributed by atoms with Gasteiger partial charge < -0.3 is 9.84 Å². The van der Waals surface area contributed by atoms with Crippen molar-refractivity contribution >= 4 is 37.5 Å². The van der Waals surface area contributed by atoms with Gasteiger partial charge in [-0.05, 0) is 35.9 Å². The van der Waals surface area contributed by atoms with Gasteiger partial charge in [-0.2, -0.15) is 0 Å². The summed E-state index contributed by atoms with van der Waals surface area (Å²) < 4.78 is 43.3. The molecule has 32 heavy (non-hydrogen) atoms. The molecule has 2 heterocycles. The van der Waals surface area contributed by atoms with Gasteiger partial charge in [-0.25, -0.2) is 32.4 Å². The highest BCUT2D eigenvalue weighted by Crippen LogP contribution is 2.28. The van der Waals surface area contributed by atoms with E-state index in [1.807, 2.05) is 0 Å². The van der Waals surface area contributed by atoms with Gasteiger partial charge in [0.05, 0.1) is 16.4 Å². The van der Waals surface area contributed by atoms with Crippen LogP contribution in [0.1, 0.15) is 17.3 Å². The second kappa shape index (κ2) is 8.61. The van der Waals surface area contributed by atoms with E-state index in [0.717, 1.165) is 11.3 Å². The first-order chi connectivity index (χ1) is 15.2. The van der Waals surface area contributed by atoms with Crippen LogP contribution in [0, 0.1) is 5.82 Å². The number of ether oxygens (including phenoxy) is 1. The number of hydrogen-bond donors (Lipinski definition) is 2. The van der Waals surface area contributed by atoms with Gasteiger partial charge in [0.25, 0.3) is 10.0 Å². The Morgan fingerprint density at radius 2 is 2.00 bits per heavy atom. The summed E-state index contributed by atoms with van der Waals surface area (Å²) in [4.78, 5) is 15.7. The molecule has 0 saturated heterocycles. The van der Waals surface area contributed by atoms with Gasteiger partial charge >= 0.3 is 5.97 Å². The number of nitrogens with two attached hydrogens (primary N) is 1. The van der Waals surface area contributed by atoms with Crippen molar-refractivity contribution in [1.29, 1.82) is 0 Å². The Kier molecular flexibility index (Phi) is 5.86. The molecule has 0 amide bonds. The Bertz CT molecular complexity index is 1380. The molecule has 166 valence electrons. The maximum atomic E-state index is 13.1. The molecule has 4 aromatic rings. The number of carboxylic acid groups (broad SMARTS) is 1. The number of aromatic nitrogens is 4. The number of benzene rings is 2. The van der Waals surface area contributed by atoms with E-state index >= 15 is 0 Å². The molecule has 0 aliphatic rings. The van der Waals surface area contributed by atoms with E-state index in [0.29, 0.717) is 27.2 Å². The quantitative estimate of drug-likeness (QED) is 0.392. The molecular weight excluding hydrogens is 461 g/mol. The minimum Gasteiger partial charge on any atom is -0.487 e. The maximum Gasteiger partial charge on any atom is 0.328 e. The number of thiazole rings is 1. The highest BCUT2D eigenvalue weighted by Gasteiger charge is 2.22. The molecule has 0 spiro atoms. The van der Waals surface area contributed by atoms with Gasteiger partial charge in [0.2, 0.25) is 4.34 Å². The fourth-order valence-corrected chi connectivity index (χ4v) is 4.61. The lowest BCUT2D eigenvalue weighted by Crippen LogP contribution is -2.22. The lowest BCUT2D eigenvalue weighted by molar-refractivity contribution is -0.141. The lowest BCUT2D eigenvalue weighted by Gasteiger charge is -2.12. The van der Waals surface area contributed by atoms with Gasteiger partial charge in [-0.1, -0.05) is 17.3 Å². The summed E-state index contributed by atoms with van der Waals surface area (Å²) in [5.41, 5.74) is 1.51. The zero-order chi connectivity index (χ0) is 22.9. The first-order valence-corrected chi connectivity index (χ1v) is 11.5. The van der Waals surface area contributed by atoms with E-state index in [1.54, 1.807) is 18.2 Å². The van der Waals surface area contributed by atoms with Crippen LogP contribution in [0.2, 0.25) is 0 Å². The monoisotopic (exact) mass is 477 g/mol. The van der Waals surface area contributed by atoms with Gasteiger partial charge in [-0.15, -0.1) is 16.4 Å². The van der Waals surface area contributed by atoms with Crippen molar-refractivity contribution in [3.63, 3.8) is 0 Å². The maximum absolute atomic E-state index is 13.1. The molecule has 0 fully saturated rings. The topological polar surface area (TPSA) is 150 Å². The van der Waals surface area contributed by atoms with E-state index in [4.69, 9.17) is 9.88 Å². The molecule has 0 radical (unpaired) electrons. The summed E-state index contributed by atoms with van der Waals surface area (Å²) >= 11 is 0.928. The number of nitrogens with zero attached hydrogens (tertiary/aromatic N) is 4. The molecule has 4 rings (SSSR count). The van der Waals surface area contributed by atoms with E-state index in [1.165, 1.54) is 35.1 Å². The first kappa shape index (κ1) is 21.8. The van der Waals surface area contributed by atoms with E-state index in [-0.39, 0.29) is 17.4 Å². The minimum atomic E-state index is -3.89. The SMILES string of the molecule is NS(=O)(=O)c1nc2ccc(OCc3cn(C(Cc4ccc(F)cc4)C(=O)O)nn3)cc2s1. The number of hydrogen-bond acceptors (Lipinski definition) is 8. The predicted molar refractivity (Wildman–Crippen MR) is 112 cm³/mol. The second-order valence-corrected chi connectivity index (χ2v) is 9.58. The predicted octanol–water partition coefficient (Wildman–Crippen LogP) is 2.12. The average molecular weight is 477 g/mol. The normalized spacial score (nSPS) is 12.7. The third-order valence-corrected chi connectivity index (χ3v) is 6.81. The van der Waals surface area contributed by atoms with Crippen LogP contribution < -0.4 is 9.88 Å². The van der Waals surface area contributed by atoms with Gasteiger partial charge in [0, 0.05) is 6.42 Å². The minimum absolute atomic E-state index is 0.00917. The van der Waals surface area contributed by atoms with Crippen molar-refractivity contribution < 1.29 is 27.4 Å². The summed E-state index contributed by atoms with van der Waals surface area (Å²) in [6.07, 6.45) is 1.57. The molecule has 13 heteroatoms.